The average Bonchev–Trinajstić information content (AvgIpc) is 2.45. The molecule has 0 aromatic heterocycles. The second-order valence-electron chi connectivity index (χ2n) is 3.74. The highest BCUT2D eigenvalue weighted by Gasteiger charge is 1.91. The lowest BCUT2D eigenvalue weighted by Crippen LogP contribution is -1.92. The molecule has 0 bridgehead atoms. The van der Waals surface area contributed by atoms with E-state index in [-0.39, 0.29) is 0 Å². The Morgan fingerprint density at radius 1 is 0.889 bits per heavy atom. The van der Waals surface area contributed by atoms with Crippen LogP contribution in [0.4, 0.5) is 0 Å². The SMILES string of the molecule is C=CCOc1ccc(C#Cc2ccccc2)cc1. The van der Waals surface area contributed by atoms with Crippen molar-refractivity contribution in [2.24, 2.45) is 0 Å². The minimum absolute atomic E-state index is 0.523. The molecule has 0 heterocycles. The lowest BCUT2D eigenvalue weighted by Gasteiger charge is -2.01. The van der Waals surface area contributed by atoms with Crippen LogP contribution in [0.25, 0.3) is 0 Å². The monoisotopic (exact) mass is 234 g/mol. The van der Waals surface area contributed by atoms with E-state index in [1.807, 2.05) is 54.6 Å². The number of benzene rings is 2. The predicted molar refractivity (Wildman–Crippen MR) is 74.6 cm³/mol. The van der Waals surface area contributed by atoms with Crippen molar-refractivity contribution in [2.45, 2.75) is 0 Å². The topological polar surface area (TPSA) is 9.23 Å². The van der Waals surface area contributed by atoms with E-state index in [2.05, 4.69) is 18.4 Å². The summed E-state index contributed by atoms with van der Waals surface area (Å²) in [5.41, 5.74) is 1.99. The largest absolute Gasteiger partial charge is 0.490 e. The van der Waals surface area contributed by atoms with Gasteiger partial charge < -0.3 is 4.74 Å². The molecule has 0 aliphatic rings. The molecule has 0 saturated heterocycles. The molecule has 18 heavy (non-hydrogen) atoms. The Balaban J connectivity index is 2.07. The van der Waals surface area contributed by atoms with E-state index in [1.54, 1.807) is 6.08 Å². The molecule has 0 N–H and O–H groups in total. The zero-order chi connectivity index (χ0) is 12.6. The van der Waals surface area contributed by atoms with Crippen LogP contribution in [0.15, 0.2) is 67.3 Å². The summed E-state index contributed by atoms with van der Waals surface area (Å²) in [7, 11) is 0. The highest BCUT2D eigenvalue weighted by atomic mass is 16.5. The van der Waals surface area contributed by atoms with Crippen LogP contribution in [-0.4, -0.2) is 6.61 Å². The summed E-state index contributed by atoms with van der Waals surface area (Å²) < 4.78 is 5.41. The lowest BCUT2D eigenvalue weighted by atomic mass is 10.2. The van der Waals surface area contributed by atoms with Gasteiger partial charge in [0.2, 0.25) is 0 Å². The number of hydrogen-bond acceptors (Lipinski definition) is 1. The van der Waals surface area contributed by atoms with Crippen molar-refractivity contribution in [3.63, 3.8) is 0 Å². The highest BCUT2D eigenvalue weighted by molar-refractivity contribution is 5.44. The fourth-order valence-corrected chi connectivity index (χ4v) is 1.46. The summed E-state index contributed by atoms with van der Waals surface area (Å²) in [5, 5.41) is 0. The molecular weight excluding hydrogens is 220 g/mol. The van der Waals surface area contributed by atoms with Crippen molar-refractivity contribution in [3.8, 4) is 17.6 Å². The van der Waals surface area contributed by atoms with Gasteiger partial charge in [0.25, 0.3) is 0 Å². The Labute approximate surface area is 108 Å². The Kier molecular flexibility index (Phi) is 4.22. The van der Waals surface area contributed by atoms with Crippen LogP contribution in [0.1, 0.15) is 11.1 Å². The summed E-state index contributed by atoms with van der Waals surface area (Å²) in [6.45, 7) is 4.13. The van der Waals surface area contributed by atoms with Crippen molar-refractivity contribution < 1.29 is 4.74 Å². The number of hydrogen-bond donors (Lipinski definition) is 0. The highest BCUT2D eigenvalue weighted by Crippen LogP contribution is 2.11. The predicted octanol–water partition coefficient (Wildman–Crippen LogP) is 3.65. The molecular formula is C17H14O. The molecule has 0 amide bonds. The van der Waals surface area contributed by atoms with E-state index < -0.39 is 0 Å². The van der Waals surface area contributed by atoms with E-state index >= 15 is 0 Å². The summed E-state index contributed by atoms with van der Waals surface area (Å²) in [5.74, 6) is 7.07. The number of rotatable bonds is 3. The summed E-state index contributed by atoms with van der Waals surface area (Å²) in [6.07, 6.45) is 1.73. The second-order valence-corrected chi connectivity index (χ2v) is 3.74. The first-order valence-corrected chi connectivity index (χ1v) is 5.79. The van der Waals surface area contributed by atoms with Gasteiger partial charge in [-0.25, -0.2) is 0 Å². The molecule has 0 aliphatic carbocycles. The van der Waals surface area contributed by atoms with Crippen LogP contribution < -0.4 is 4.74 Å². The maximum atomic E-state index is 5.41. The van der Waals surface area contributed by atoms with E-state index in [0.717, 1.165) is 16.9 Å². The molecule has 2 aromatic rings. The minimum Gasteiger partial charge on any atom is -0.490 e. The Morgan fingerprint density at radius 3 is 2.11 bits per heavy atom. The van der Waals surface area contributed by atoms with Crippen molar-refractivity contribution >= 4 is 0 Å². The van der Waals surface area contributed by atoms with Gasteiger partial charge in [-0.3, -0.25) is 0 Å². The zero-order valence-corrected chi connectivity index (χ0v) is 10.1. The molecule has 0 spiro atoms. The van der Waals surface area contributed by atoms with Crippen LogP contribution in [0.2, 0.25) is 0 Å². The maximum Gasteiger partial charge on any atom is 0.119 e. The van der Waals surface area contributed by atoms with Crippen LogP contribution in [0.5, 0.6) is 5.75 Å². The van der Waals surface area contributed by atoms with E-state index in [0.29, 0.717) is 6.61 Å². The van der Waals surface area contributed by atoms with Gasteiger partial charge >= 0.3 is 0 Å². The molecule has 2 rings (SSSR count). The Hall–Kier alpha value is -2.46. The van der Waals surface area contributed by atoms with Gasteiger partial charge in [-0.1, -0.05) is 42.7 Å². The van der Waals surface area contributed by atoms with Crippen LogP contribution >= 0.6 is 0 Å². The quantitative estimate of drug-likeness (QED) is 0.582. The Morgan fingerprint density at radius 2 is 1.50 bits per heavy atom. The zero-order valence-electron chi connectivity index (χ0n) is 10.1. The standard InChI is InChI=1S/C17H14O/c1-2-14-18-17-12-10-16(11-13-17)9-8-15-6-4-3-5-7-15/h2-7,10-13H,1,14H2. The second kappa shape index (κ2) is 6.32. The summed E-state index contributed by atoms with van der Waals surface area (Å²) >= 11 is 0. The summed E-state index contributed by atoms with van der Waals surface area (Å²) in [6, 6.07) is 17.7. The average molecular weight is 234 g/mol. The van der Waals surface area contributed by atoms with Crippen LogP contribution in [0.3, 0.4) is 0 Å². The van der Waals surface area contributed by atoms with Crippen molar-refractivity contribution in [2.75, 3.05) is 6.61 Å². The lowest BCUT2D eigenvalue weighted by molar-refractivity contribution is 0.363. The molecule has 0 radical (unpaired) electrons. The molecule has 0 fully saturated rings. The summed E-state index contributed by atoms with van der Waals surface area (Å²) in [4.78, 5) is 0. The first-order valence-electron chi connectivity index (χ1n) is 5.79. The van der Waals surface area contributed by atoms with Gasteiger partial charge in [-0.05, 0) is 36.4 Å². The third-order valence-corrected chi connectivity index (χ3v) is 2.35. The molecule has 88 valence electrons. The van der Waals surface area contributed by atoms with E-state index in [1.165, 1.54) is 0 Å². The maximum absolute atomic E-state index is 5.41. The van der Waals surface area contributed by atoms with E-state index in [9.17, 15) is 0 Å². The smallest absolute Gasteiger partial charge is 0.119 e. The molecule has 1 heteroatoms. The van der Waals surface area contributed by atoms with Crippen LogP contribution in [0, 0.1) is 11.8 Å². The van der Waals surface area contributed by atoms with Gasteiger partial charge in [0.15, 0.2) is 0 Å². The van der Waals surface area contributed by atoms with Crippen molar-refractivity contribution in [1.82, 2.24) is 0 Å². The minimum atomic E-state index is 0.523. The van der Waals surface area contributed by atoms with Crippen molar-refractivity contribution in [1.29, 1.82) is 0 Å². The van der Waals surface area contributed by atoms with Gasteiger partial charge in [0.1, 0.15) is 12.4 Å². The molecule has 0 atom stereocenters. The first-order chi connectivity index (χ1) is 8.88. The first kappa shape index (κ1) is 12.0. The molecule has 0 aliphatic heterocycles. The molecule has 1 nitrogen and oxygen atoms in total. The van der Waals surface area contributed by atoms with Gasteiger partial charge in [-0.2, -0.15) is 0 Å². The third-order valence-electron chi connectivity index (χ3n) is 2.35. The Bertz CT molecular complexity index is 556. The fourth-order valence-electron chi connectivity index (χ4n) is 1.46. The van der Waals surface area contributed by atoms with Crippen molar-refractivity contribution in [3.05, 3.63) is 78.4 Å². The van der Waals surface area contributed by atoms with Crippen LogP contribution in [-0.2, 0) is 0 Å². The van der Waals surface area contributed by atoms with E-state index in [4.69, 9.17) is 4.74 Å². The third kappa shape index (κ3) is 3.54. The fraction of sp³-hybridized carbons (Fsp3) is 0.0588. The number of ether oxygens (including phenoxy) is 1. The van der Waals surface area contributed by atoms with Gasteiger partial charge in [0, 0.05) is 11.1 Å². The molecule has 0 saturated carbocycles. The van der Waals surface area contributed by atoms with Gasteiger partial charge in [-0.15, -0.1) is 0 Å². The molecule has 0 unspecified atom stereocenters. The van der Waals surface area contributed by atoms with Gasteiger partial charge in [0.05, 0.1) is 0 Å². The normalized spacial score (nSPS) is 9.11. The molecule has 2 aromatic carbocycles.